The Bertz CT molecular complexity index is 777. The number of aryl methyl sites for hydroxylation is 1. The molecule has 0 aliphatic heterocycles. The molecule has 0 bridgehead atoms. The number of para-hydroxylation sites is 1. The van der Waals surface area contributed by atoms with E-state index in [0.29, 0.717) is 19.1 Å². The first-order valence-corrected chi connectivity index (χ1v) is 7.67. The number of benzene rings is 2. The molecule has 22 heavy (non-hydrogen) atoms. The molecule has 0 spiro atoms. The SMILES string of the molecule is Cc1ccc(C(C)C)cc1OCCn1nnc2ccccc21. The molecule has 114 valence electrons. The lowest BCUT2D eigenvalue weighted by molar-refractivity contribution is 0.290. The Hall–Kier alpha value is -2.36. The van der Waals surface area contributed by atoms with Crippen molar-refractivity contribution in [1.29, 1.82) is 0 Å². The number of fused-ring (bicyclic) bond motifs is 1. The van der Waals surface area contributed by atoms with Crippen LogP contribution in [0, 0.1) is 6.92 Å². The van der Waals surface area contributed by atoms with Crippen molar-refractivity contribution in [3.63, 3.8) is 0 Å². The van der Waals surface area contributed by atoms with Crippen molar-refractivity contribution in [2.75, 3.05) is 6.61 Å². The van der Waals surface area contributed by atoms with Crippen LogP contribution in [0.2, 0.25) is 0 Å². The summed E-state index contributed by atoms with van der Waals surface area (Å²) in [7, 11) is 0. The maximum atomic E-state index is 5.96. The summed E-state index contributed by atoms with van der Waals surface area (Å²) in [4.78, 5) is 0. The zero-order chi connectivity index (χ0) is 15.5. The van der Waals surface area contributed by atoms with Gasteiger partial charge in [0.1, 0.15) is 17.9 Å². The second kappa shape index (κ2) is 6.18. The van der Waals surface area contributed by atoms with Gasteiger partial charge in [-0.15, -0.1) is 5.10 Å². The minimum absolute atomic E-state index is 0.502. The highest BCUT2D eigenvalue weighted by Gasteiger charge is 2.06. The van der Waals surface area contributed by atoms with E-state index in [1.165, 1.54) is 5.56 Å². The molecule has 1 heterocycles. The number of aromatic nitrogens is 3. The van der Waals surface area contributed by atoms with Gasteiger partial charge in [-0.3, -0.25) is 0 Å². The summed E-state index contributed by atoms with van der Waals surface area (Å²) in [5.74, 6) is 1.46. The van der Waals surface area contributed by atoms with E-state index in [1.807, 2.05) is 28.9 Å². The Morgan fingerprint density at radius 1 is 1.14 bits per heavy atom. The molecule has 0 N–H and O–H groups in total. The number of hydrogen-bond donors (Lipinski definition) is 0. The first-order valence-electron chi connectivity index (χ1n) is 7.67. The molecule has 1 aromatic heterocycles. The van der Waals surface area contributed by atoms with Crippen LogP contribution in [0.3, 0.4) is 0 Å². The Balaban J connectivity index is 1.69. The van der Waals surface area contributed by atoms with E-state index < -0.39 is 0 Å². The molecule has 2 aromatic carbocycles. The van der Waals surface area contributed by atoms with Gasteiger partial charge in [-0.1, -0.05) is 43.3 Å². The predicted octanol–water partition coefficient (Wildman–Crippen LogP) is 3.94. The third-order valence-corrected chi connectivity index (χ3v) is 3.86. The summed E-state index contributed by atoms with van der Waals surface area (Å²) in [6.07, 6.45) is 0. The minimum Gasteiger partial charge on any atom is -0.491 e. The van der Waals surface area contributed by atoms with E-state index in [2.05, 4.69) is 49.3 Å². The summed E-state index contributed by atoms with van der Waals surface area (Å²) in [5, 5.41) is 8.34. The van der Waals surface area contributed by atoms with Crippen molar-refractivity contribution in [1.82, 2.24) is 15.0 Å². The van der Waals surface area contributed by atoms with Crippen LogP contribution in [0.1, 0.15) is 30.9 Å². The average Bonchev–Trinajstić information content (AvgIpc) is 2.92. The van der Waals surface area contributed by atoms with Crippen LogP contribution in [-0.4, -0.2) is 21.6 Å². The maximum Gasteiger partial charge on any atom is 0.122 e. The quantitative estimate of drug-likeness (QED) is 0.715. The second-order valence-electron chi connectivity index (χ2n) is 5.83. The summed E-state index contributed by atoms with van der Waals surface area (Å²) in [6.45, 7) is 7.72. The molecular formula is C18H21N3O. The van der Waals surface area contributed by atoms with Crippen molar-refractivity contribution in [2.45, 2.75) is 33.2 Å². The number of rotatable bonds is 5. The first-order chi connectivity index (χ1) is 10.6. The van der Waals surface area contributed by atoms with Crippen molar-refractivity contribution >= 4 is 11.0 Å². The molecular weight excluding hydrogens is 274 g/mol. The van der Waals surface area contributed by atoms with Crippen LogP contribution in [-0.2, 0) is 6.54 Å². The average molecular weight is 295 g/mol. The van der Waals surface area contributed by atoms with E-state index in [-0.39, 0.29) is 0 Å². The molecule has 0 aliphatic carbocycles. The van der Waals surface area contributed by atoms with Gasteiger partial charge in [0.25, 0.3) is 0 Å². The lowest BCUT2D eigenvalue weighted by atomic mass is 10.0. The maximum absolute atomic E-state index is 5.96. The van der Waals surface area contributed by atoms with Gasteiger partial charge in [0.15, 0.2) is 0 Å². The third kappa shape index (κ3) is 2.96. The number of nitrogens with zero attached hydrogens (tertiary/aromatic N) is 3. The summed E-state index contributed by atoms with van der Waals surface area (Å²) in [5.41, 5.74) is 4.42. The molecule has 0 atom stereocenters. The second-order valence-corrected chi connectivity index (χ2v) is 5.83. The van der Waals surface area contributed by atoms with Crippen molar-refractivity contribution < 1.29 is 4.74 Å². The fourth-order valence-corrected chi connectivity index (χ4v) is 2.46. The van der Waals surface area contributed by atoms with E-state index >= 15 is 0 Å². The zero-order valence-corrected chi connectivity index (χ0v) is 13.3. The topological polar surface area (TPSA) is 39.9 Å². The van der Waals surface area contributed by atoms with Crippen molar-refractivity contribution in [2.24, 2.45) is 0 Å². The fourth-order valence-electron chi connectivity index (χ4n) is 2.46. The van der Waals surface area contributed by atoms with Crippen molar-refractivity contribution in [3.8, 4) is 5.75 Å². The van der Waals surface area contributed by atoms with Crippen LogP contribution in [0.25, 0.3) is 11.0 Å². The van der Waals surface area contributed by atoms with Gasteiger partial charge in [-0.05, 0) is 42.2 Å². The standard InChI is InChI=1S/C18H21N3O/c1-13(2)15-9-8-14(3)18(12-15)22-11-10-21-17-7-5-4-6-16(17)19-20-21/h4-9,12-13H,10-11H2,1-3H3. The van der Waals surface area contributed by atoms with Crippen LogP contribution in [0.15, 0.2) is 42.5 Å². The van der Waals surface area contributed by atoms with Gasteiger partial charge in [-0.25, -0.2) is 4.68 Å². The van der Waals surface area contributed by atoms with Gasteiger partial charge in [0, 0.05) is 0 Å². The van der Waals surface area contributed by atoms with Crippen molar-refractivity contribution in [3.05, 3.63) is 53.6 Å². The minimum atomic E-state index is 0.502. The molecule has 0 aliphatic rings. The van der Waals surface area contributed by atoms with Gasteiger partial charge in [-0.2, -0.15) is 0 Å². The van der Waals surface area contributed by atoms with E-state index in [9.17, 15) is 0 Å². The molecule has 0 radical (unpaired) electrons. The Labute approximate surface area is 130 Å². The normalized spacial score (nSPS) is 11.3. The predicted molar refractivity (Wildman–Crippen MR) is 88.3 cm³/mol. The highest BCUT2D eigenvalue weighted by Crippen LogP contribution is 2.24. The Kier molecular flexibility index (Phi) is 4.09. The number of hydrogen-bond acceptors (Lipinski definition) is 3. The molecule has 0 saturated carbocycles. The molecule has 0 unspecified atom stereocenters. The van der Waals surface area contributed by atoms with Gasteiger partial charge in [0.2, 0.25) is 0 Å². The molecule has 0 amide bonds. The van der Waals surface area contributed by atoms with Crippen LogP contribution >= 0.6 is 0 Å². The fraction of sp³-hybridized carbons (Fsp3) is 0.333. The molecule has 4 heteroatoms. The first kappa shape index (κ1) is 14.6. The lowest BCUT2D eigenvalue weighted by Gasteiger charge is -2.13. The molecule has 0 saturated heterocycles. The Morgan fingerprint density at radius 2 is 1.95 bits per heavy atom. The molecule has 3 rings (SSSR count). The van der Waals surface area contributed by atoms with Crippen LogP contribution < -0.4 is 4.74 Å². The summed E-state index contributed by atoms with van der Waals surface area (Å²) < 4.78 is 7.85. The van der Waals surface area contributed by atoms with Gasteiger partial charge >= 0.3 is 0 Å². The molecule has 3 aromatic rings. The van der Waals surface area contributed by atoms with E-state index in [0.717, 1.165) is 22.3 Å². The van der Waals surface area contributed by atoms with Crippen LogP contribution in [0.5, 0.6) is 5.75 Å². The lowest BCUT2D eigenvalue weighted by Crippen LogP contribution is -2.10. The summed E-state index contributed by atoms with van der Waals surface area (Å²) >= 11 is 0. The number of ether oxygens (including phenoxy) is 1. The van der Waals surface area contributed by atoms with E-state index in [1.54, 1.807) is 0 Å². The summed E-state index contributed by atoms with van der Waals surface area (Å²) in [6, 6.07) is 14.4. The van der Waals surface area contributed by atoms with Gasteiger partial charge in [0.05, 0.1) is 12.1 Å². The highest BCUT2D eigenvalue weighted by molar-refractivity contribution is 5.73. The van der Waals surface area contributed by atoms with Gasteiger partial charge < -0.3 is 4.74 Å². The highest BCUT2D eigenvalue weighted by atomic mass is 16.5. The Morgan fingerprint density at radius 3 is 2.77 bits per heavy atom. The van der Waals surface area contributed by atoms with Crippen LogP contribution in [0.4, 0.5) is 0 Å². The molecule has 0 fully saturated rings. The third-order valence-electron chi connectivity index (χ3n) is 3.86. The molecule has 4 nitrogen and oxygen atoms in total. The smallest absolute Gasteiger partial charge is 0.122 e. The monoisotopic (exact) mass is 295 g/mol. The largest absolute Gasteiger partial charge is 0.491 e. The van der Waals surface area contributed by atoms with E-state index in [4.69, 9.17) is 4.74 Å². The zero-order valence-electron chi connectivity index (χ0n) is 13.3.